The van der Waals surface area contributed by atoms with Gasteiger partial charge in [0.15, 0.2) is 10.9 Å². The molecule has 8 heteroatoms. The predicted octanol–water partition coefficient (Wildman–Crippen LogP) is 5.86. The van der Waals surface area contributed by atoms with Crippen molar-refractivity contribution < 1.29 is 13.7 Å². The van der Waals surface area contributed by atoms with Gasteiger partial charge >= 0.3 is 0 Å². The van der Waals surface area contributed by atoms with Gasteiger partial charge in [-0.25, -0.2) is 9.37 Å². The van der Waals surface area contributed by atoms with E-state index in [1.54, 1.807) is 36.4 Å². The molecule has 0 aliphatic rings. The van der Waals surface area contributed by atoms with Crippen molar-refractivity contribution in [3.63, 3.8) is 0 Å². The maximum Gasteiger partial charge on any atom is 0.269 e. The topological polar surface area (TPSA) is 81.2 Å². The molecule has 0 saturated heterocycles. The molecule has 0 spiro atoms. The lowest BCUT2D eigenvalue weighted by molar-refractivity contribution is -0.384. The molecule has 1 N–H and O–H groups in total. The van der Waals surface area contributed by atoms with Crippen LogP contribution in [0.5, 0.6) is 0 Å². The molecule has 2 heterocycles. The van der Waals surface area contributed by atoms with Gasteiger partial charge in [0.2, 0.25) is 0 Å². The zero-order valence-corrected chi connectivity index (χ0v) is 14.6. The molecular formula is C19H12FN3O3S. The Morgan fingerprint density at radius 3 is 2.41 bits per heavy atom. The van der Waals surface area contributed by atoms with E-state index in [-0.39, 0.29) is 11.5 Å². The smallest absolute Gasteiger partial charge is 0.269 e. The average molecular weight is 381 g/mol. The number of aromatic nitrogens is 1. The molecule has 0 amide bonds. The number of benzene rings is 2. The maximum atomic E-state index is 13.0. The Balaban J connectivity index is 1.52. The number of anilines is 2. The van der Waals surface area contributed by atoms with E-state index in [0.717, 1.165) is 11.3 Å². The minimum atomic E-state index is -0.442. The van der Waals surface area contributed by atoms with Gasteiger partial charge in [-0.15, -0.1) is 11.3 Å². The van der Waals surface area contributed by atoms with E-state index in [4.69, 9.17) is 4.42 Å². The molecule has 0 unspecified atom stereocenters. The molecule has 0 aliphatic heterocycles. The van der Waals surface area contributed by atoms with Crippen LogP contribution in [0.2, 0.25) is 0 Å². The van der Waals surface area contributed by atoms with Crippen LogP contribution in [-0.4, -0.2) is 9.91 Å². The van der Waals surface area contributed by atoms with Crippen LogP contribution in [-0.2, 0) is 0 Å². The first-order valence-electron chi connectivity index (χ1n) is 7.92. The molecule has 0 aliphatic carbocycles. The number of nitrogens with one attached hydrogen (secondary N) is 1. The summed E-state index contributed by atoms with van der Waals surface area (Å²) in [5.74, 6) is 0.891. The van der Waals surface area contributed by atoms with E-state index in [1.165, 1.54) is 35.6 Å². The molecule has 0 saturated carbocycles. The summed E-state index contributed by atoms with van der Waals surface area (Å²) in [5, 5.41) is 16.4. The molecule has 0 atom stereocenters. The van der Waals surface area contributed by atoms with Gasteiger partial charge in [-0.1, -0.05) is 0 Å². The van der Waals surface area contributed by atoms with E-state index < -0.39 is 4.92 Å². The summed E-state index contributed by atoms with van der Waals surface area (Å²) in [4.78, 5) is 14.8. The Bertz CT molecular complexity index is 1090. The minimum Gasteiger partial charge on any atom is -0.454 e. The molecule has 2 aromatic heterocycles. The second-order valence-corrected chi connectivity index (χ2v) is 6.50. The second kappa shape index (κ2) is 7.00. The molecule has 0 fully saturated rings. The Labute approximate surface area is 157 Å². The summed E-state index contributed by atoms with van der Waals surface area (Å²) in [7, 11) is 0. The highest BCUT2D eigenvalue weighted by atomic mass is 32.1. The van der Waals surface area contributed by atoms with Crippen LogP contribution in [0.1, 0.15) is 0 Å². The molecule has 134 valence electrons. The van der Waals surface area contributed by atoms with Crippen LogP contribution in [0.15, 0.2) is 70.5 Å². The SMILES string of the molecule is O=[N+]([O-])c1ccc(-c2ccc(-c3csc(Nc4ccc(F)cc4)n3)o2)cc1. The third kappa shape index (κ3) is 3.70. The monoisotopic (exact) mass is 381 g/mol. The zero-order valence-electron chi connectivity index (χ0n) is 13.8. The number of nitro benzene ring substituents is 1. The highest BCUT2D eigenvalue weighted by Crippen LogP contribution is 2.32. The van der Waals surface area contributed by atoms with Crippen LogP contribution in [0, 0.1) is 15.9 Å². The Hall–Kier alpha value is -3.52. The van der Waals surface area contributed by atoms with E-state index in [2.05, 4.69) is 10.3 Å². The fraction of sp³-hybridized carbons (Fsp3) is 0. The highest BCUT2D eigenvalue weighted by molar-refractivity contribution is 7.14. The number of nitrogens with zero attached hydrogens (tertiary/aromatic N) is 2. The van der Waals surface area contributed by atoms with Gasteiger partial charge < -0.3 is 9.73 Å². The number of furan rings is 1. The summed E-state index contributed by atoms with van der Waals surface area (Å²) in [6, 6.07) is 15.8. The van der Waals surface area contributed by atoms with Gasteiger partial charge in [-0.2, -0.15) is 0 Å². The highest BCUT2D eigenvalue weighted by Gasteiger charge is 2.12. The van der Waals surface area contributed by atoms with Gasteiger partial charge in [0.05, 0.1) is 4.92 Å². The molecule has 0 bridgehead atoms. The number of halogens is 1. The minimum absolute atomic E-state index is 0.0292. The molecule has 6 nitrogen and oxygen atoms in total. The van der Waals surface area contributed by atoms with Crippen molar-refractivity contribution in [2.45, 2.75) is 0 Å². The lowest BCUT2D eigenvalue weighted by Crippen LogP contribution is -1.89. The average Bonchev–Trinajstić information content (AvgIpc) is 3.33. The summed E-state index contributed by atoms with van der Waals surface area (Å²) >= 11 is 1.40. The summed E-state index contributed by atoms with van der Waals surface area (Å²) in [6.45, 7) is 0. The molecule has 27 heavy (non-hydrogen) atoms. The molecule has 0 radical (unpaired) electrons. The van der Waals surface area contributed by atoms with Gasteiger partial charge in [0.25, 0.3) is 5.69 Å². The molecule has 4 aromatic rings. The van der Waals surface area contributed by atoms with E-state index in [9.17, 15) is 14.5 Å². The standard InChI is InChI=1S/C19H12FN3O3S/c20-13-3-5-14(6-4-13)21-19-22-16(11-27-19)18-10-9-17(26-18)12-1-7-15(8-2-12)23(24)25/h1-11H,(H,21,22). The Morgan fingerprint density at radius 1 is 1.00 bits per heavy atom. The number of hydrogen-bond acceptors (Lipinski definition) is 6. The molecule has 2 aromatic carbocycles. The first-order chi connectivity index (χ1) is 13.1. The van der Waals surface area contributed by atoms with Crippen LogP contribution in [0.3, 0.4) is 0 Å². The van der Waals surface area contributed by atoms with Gasteiger partial charge in [0, 0.05) is 28.8 Å². The number of non-ortho nitro benzene ring substituents is 1. The van der Waals surface area contributed by atoms with Crippen LogP contribution in [0.4, 0.5) is 20.9 Å². The number of hydrogen-bond donors (Lipinski definition) is 1. The summed E-state index contributed by atoms with van der Waals surface area (Å²) in [6.07, 6.45) is 0. The first-order valence-corrected chi connectivity index (χ1v) is 8.79. The Morgan fingerprint density at radius 2 is 1.70 bits per heavy atom. The van der Waals surface area contributed by atoms with Gasteiger partial charge in [-0.05, 0) is 48.5 Å². The van der Waals surface area contributed by atoms with Crippen LogP contribution in [0.25, 0.3) is 22.8 Å². The van der Waals surface area contributed by atoms with Crippen molar-refractivity contribution >= 4 is 27.8 Å². The maximum absolute atomic E-state index is 13.0. The predicted molar refractivity (Wildman–Crippen MR) is 102 cm³/mol. The lowest BCUT2D eigenvalue weighted by Gasteiger charge is -2.01. The largest absolute Gasteiger partial charge is 0.454 e. The quantitative estimate of drug-likeness (QED) is 0.346. The molecule has 4 rings (SSSR count). The van der Waals surface area contributed by atoms with Gasteiger partial charge in [-0.3, -0.25) is 10.1 Å². The third-order valence-electron chi connectivity index (χ3n) is 3.82. The van der Waals surface area contributed by atoms with Crippen molar-refractivity contribution in [3.8, 4) is 22.8 Å². The number of thiazole rings is 1. The fourth-order valence-electron chi connectivity index (χ4n) is 2.48. The summed E-state index contributed by atoms with van der Waals surface area (Å²) < 4.78 is 18.8. The Kier molecular flexibility index (Phi) is 4.39. The van der Waals surface area contributed by atoms with Crippen molar-refractivity contribution in [2.75, 3.05) is 5.32 Å². The van der Waals surface area contributed by atoms with E-state index in [0.29, 0.717) is 22.3 Å². The van der Waals surface area contributed by atoms with Crippen molar-refractivity contribution in [1.82, 2.24) is 4.98 Å². The number of nitro groups is 1. The lowest BCUT2D eigenvalue weighted by atomic mass is 10.1. The second-order valence-electron chi connectivity index (χ2n) is 5.64. The van der Waals surface area contributed by atoms with E-state index >= 15 is 0 Å². The normalized spacial score (nSPS) is 10.7. The van der Waals surface area contributed by atoms with Crippen LogP contribution < -0.4 is 5.32 Å². The number of rotatable bonds is 5. The van der Waals surface area contributed by atoms with Crippen molar-refractivity contribution in [1.29, 1.82) is 0 Å². The zero-order chi connectivity index (χ0) is 18.8. The fourth-order valence-corrected chi connectivity index (χ4v) is 3.20. The van der Waals surface area contributed by atoms with Crippen LogP contribution >= 0.6 is 11.3 Å². The first kappa shape index (κ1) is 16.9. The third-order valence-corrected chi connectivity index (χ3v) is 4.58. The van der Waals surface area contributed by atoms with Crippen molar-refractivity contribution in [2.24, 2.45) is 0 Å². The summed E-state index contributed by atoms with van der Waals surface area (Å²) in [5.41, 5.74) is 2.18. The van der Waals surface area contributed by atoms with Crippen molar-refractivity contribution in [3.05, 3.63) is 82.0 Å². The van der Waals surface area contributed by atoms with E-state index in [1.807, 2.05) is 5.38 Å². The molecular weight excluding hydrogens is 369 g/mol. The van der Waals surface area contributed by atoms with Gasteiger partial charge in [0.1, 0.15) is 17.3 Å².